The van der Waals surface area contributed by atoms with Crippen molar-refractivity contribution in [3.05, 3.63) is 0 Å². The van der Waals surface area contributed by atoms with Crippen molar-refractivity contribution in [3.63, 3.8) is 0 Å². The van der Waals surface area contributed by atoms with Crippen LogP contribution in [0.5, 0.6) is 0 Å². The summed E-state index contributed by atoms with van der Waals surface area (Å²) < 4.78 is 0. The third-order valence-corrected chi connectivity index (χ3v) is 2.61. The van der Waals surface area contributed by atoms with E-state index in [4.69, 9.17) is 5.26 Å². The number of carbonyl (C=O) groups is 1. The van der Waals surface area contributed by atoms with Crippen LogP contribution in [0.2, 0.25) is 0 Å². The molecule has 3 nitrogen and oxygen atoms in total. The second kappa shape index (κ2) is 2.91. The lowest BCUT2D eigenvalue weighted by atomic mass is 9.74. The molecule has 0 bridgehead atoms. The molecule has 0 fully saturated rings. The van der Waals surface area contributed by atoms with Gasteiger partial charge in [0.05, 0.1) is 5.41 Å². The van der Waals surface area contributed by atoms with Gasteiger partial charge in [-0.1, -0.05) is 13.8 Å². The molecule has 11 heavy (non-hydrogen) atoms. The fraction of sp³-hybridized carbons (Fsp3) is 0.875. The Hall–Kier alpha value is -0.410. The summed E-state index contributed by atoms with van der Waals surface area (Å²) in [6.45, 7) is 8.32. The molecule has 0 rings (SSSR count). The van der Waals surface area contributed by atoms with Gasteiger partial charge in [-0.15, -0.1) is 0 Å². The molecule has 1 N–H and O–H groups in total. The first-order valence-electron chi connectivity index (χ1n) is 3.59. The average Bonchev–Trinajstić information content (AvgIpc) is 1.87. The zero-order valence-corrected chi connectivity index (χ0v) is 7.76. The molecule has 0 aliphatic carbocycles. The van der Waals surface area contributed by atoms with Crippen molar-refractivity contribution in [2.45, 2.75) is 40.2 Å². The van der Waals surface area contributed by atoms with Gasteiger partial charge < -0.3 is 0 Å². The molecule has 0 aromatic heterocycles. The lowest BCUT2D eigenvalue weighted by molar-refractivity contribution is -0.334. The maximum atomic E-state index is 11.1. The van der Waals surface area contributed by atoms with Crippen LogP contribution in [0.3, 0.4) is 0 Å². The molecule has 3 heteroatoms. The quantitative estimate of drug-likeness (QED) is 0.506. The minimum atomic E-state index is -0.834. The van der Waals surface area contributed by atoms with E-state index in [0.717, 1.165) is 0 Å². The Bertz CT molecular complexity index is 159. The van der Waals surface area contributed by atoms with Gasteiger partial charge in [0.2, 0.25) is 0 Å². The summed E-state index contributed by atoms with van der Waals surface area (Å²) in [6.07, 6.45) is 0. The maximum Gasteiger partial charge on any atom is 0.138 e. The summed E-state index contributed by atoms with van der Waals surface area (Å²) in [5.41, 5.74) is -1.50. The van der Waals surface area contributed by atoms with E-state index in [0.29, 0.717) is 0 Å². The first-order chi connectivity index (χ1) is 4.75. The van der Waals surface area contributed by atoms with Crippen molar-refractivity contribution in [1.29, 1.82) is 0 Å². The van der Waals surface area contributed by atoms with E-state index in [1.165, 1.54) is 6.92 Å². The van der Waals surface area contributed by atoms with Gasteiger partial charge >= 0.3 is 0 Å². The van der Waals surface area contributed by atoms with E-state index >= 15 is 0 Å². The largest absolute Gasteiger partial charge is 0.299 e. The second-order valence-electron chi connectivity index (χ2n) is 3.78. The summed E-state index contributed by atoms with van der Waals surface area (Å²) >= 11 is 0. The molecule has 0 radical (unpaired) electrons. The molecule has 0 saturated heterocycles. The van der Waals surface area contributed by atoms with Gasteiger partial charge in [0.15, 0.2) is 0 Å². The summed E-state index contributed by atoms with van der Waals surface area (Å²) in [6, 6.07) is 0. The minimum absolute atomic E-state index is 0.00319. The number of hydrogen-bond acceptors (Lipinski definition) is 3. The predicted molar refractivity (Wildman–Crippen MR) is 42.3 cm³/mol. The van der Waals surface area contributed by atoms with Crippen LogP contribution >= 0.6 is 0 Å². The Morgan fingerprint density at radius 3 is 1.73 bits per heavy atom. The molecule has 0 heterocycles. The Kier molecular flexibility index (Phi) is 2.80. The van der Waals surface area contributed by atoms with Crippen LogP contribution in [0, 0.1) is 5.41 Å². The van der Waals surface area contributed by atoms with E-state index in [9.17, 15) is 4.79 Å². The van der Waals surface area contributed by atoms with E-state index < -0.39 is 11.0 Å². The van der Waals surface area contributed by atoms with Gasteiger partial charge in [0.25, 0.3) is 0 Å². The summed E-state index contributed by atoms with van der Waals surface area (Å²) in [5, 5.41) is 8.53. The molecule has 0 atom stereocenters. The second-order valence-corrected chi connectivity index (χ2v) is 3.78. The van der Waals surface area contributed by atoms with Crippen molar-refractivity contribution in [2.24, 2.45) is 5.41 Å². The molecule has 0 spiro atoms. The topological polar surface area (TPSA) is 46.5 Å². The Balaban J connectivity index is 4.67. The normalized spacial score (nSPS) is 13.3. The Morgan fingerprint density at radius 1 is 1.27 bits per heavy atom. The Morgan fingerprint density at radius 2 is 1.64 bits per heavy atom. The third-order valence-electron chi connectivity index (χ3n) is 2.61. The van der Waals surface area contributed by atoms with Crippen molar-refractivity contribution < 1.29 is 14.9 Å². The van der Waals surface area contributed by atoms with Gasteiger partial charge in [0, 0.05) is 0 Å². The summed E-state index contributed by atoms with van der Waals surface area (Å²) in [5.74, 6) is -0.00319. The Labute approximate surface area is 67.3 Å². The first-order valence-corrected chi connectivity index (χ1v) is 3.59. The van der Waals surface area contributed by atoms with Crippen LogP contribution in [0.1, 0.15) is 34.6 Å². The summed E-state index contributed by atoms with van der Waals surface area (Å²) in [7, 11) is 0. The van der Waals surface area contributed by atoms with Gasteiger partial charge in [-0.2, -0.15) is 0 Å². The van der Waals surface area contributed by atoms with Crippen molar-refractivity contribution >= 4 is 5.78 Å². The zero-order valence-electron chi connectivity index (χ0n) is 7.76. The molecule has 0 aromatic rings. The highest BCUT2D eigenvalue weighted by atomic mass is 17.1. The molecular weight excluding hydrogens is 144 g/mol. The molecule has 0 aromatic carbocycles. The number of ketones is 1. The molecule has 0 unspecified atom stereocenters. The maximum absolute atomic E-state index is 11.1. The van der Waals surface area contributed by atoms with E-state index in [2.05, 4.69) is 4.89 Å². The van der Waals surface area contributed by atoms with Crippen molar-refractivity contribution in [3.8, 4) is 0 Å². The van der Waals surface area contributed by atoms with Crippen LogP contribution in [0.15, 0.2) is 0 Å². The average molecular weight is 160 g/mol. The predicted octanol–water partition coefficient (Wildman–Crippen LogP) is 1.87. The highest BCUT2D eigenvalue weighted by molar-refractivity contribution is 5.82. The monoisotopic (exact) mass is 160 g/mol. The number of carbonyl (C=O) groups excluding carboxylic acids is 1. The fourth-order valence-electron chi connectivity index (χ4n) is 0.538. The molecule has 0 saturated carbocycles. The summed E-state index contributed by atoms with van der Waals surface area (Å²) in [4.78, 5) is 15.3. The molecule has 0 aliphatic rings. The van der Waals surface area contributed by atoms with Crippen LogP contribution in [-0.4, -0.2) is 16.6 Å². The SMILES string of the molecule is CC(=O)C(C)(C)C(C)(C)OO. The number of Topliss-reactive ketones (excluding diaryl/α,β-unsaturated/α-hetero) is 1. The van der Waals surface area contributed by atoms with Crippen LogP contribution in [0.4, 0.5) is 0 Å². The van der Waals surface area contributed by atoms with Crippen LogP contribution < -0.4 is 0 Å². The number of hydrogen-bond donors (Lipinski definition) is 1. The molecule has 66 valence electrons. The third kappa shape index (κ3) is 1.79. The zero-order chi connectivity index (χ0) is 9.28. The number of rotatable bonds is 3. The lowest BCUT2D eigenvalue weighted by Crippen LogP contribution is -2.45. The van der Waals surface area contributed by atoms with E-state index in [1.807, 2.05) is 0 Å². The van der Waals surface area contributed by atoms with Crippen molar-refractivity contribution in [1.82, 2.24) is 0 Å². The standard InChI is InChI=1S/C8H16O3/c1-6(9)7(2,3)8(4,5)11-10/h10H,1-5H3. The molecule has 0 amide bonds. The minimum Gasteiger partial charge on any atom is -0.299 e. The van der Waals surface area contributed by atoms with Gasteiger partial charge in [0.1, 0.15) is 11.4 Å². The van der Waals surface area contributed by atoms with Gasteiger partial charge in [-0.25, -0.2) is 4.89 Å². The molecule has 0 aliphatic heterocycles. The van der Waals surface area contributed by atoms with Gasteiger partial charge in [-0.3, -0.25) is 10.1 Å². The van der Waals surface area contributed by atoms with Crippen LogP contribution in [-0.2, 0) is 9.68 Å². The highest BCUT2D eigenvalue weighted by Gasteiger charge is 2.42. The first kappa shape index (κ1) is 10.6. The van der Waals surface area contributed by atoms with E-state index in [1.54, 1.807) is 27.7 Å². The molecular formula is C8H16O3. The smallest absolute Gasteiger partial charge is 0.138 e. The lowest BCUT2D eigenvalue weighted by Gasteiger charge is -2.36. The fourth-order valence-corrected chi connectivity index (χ4v) is 0.538. The highest BCUT2D eigenvalue weighted by Crippen LogP contribution is 2.33. The van der Waals surface area contributed by atoms with Gasteiger partial charge in [-0.05, 0) is 20.8 Å². The van der Waals surface area contributed by atoms with E-state index in [-0.39, 0.29) is 5.78 Å². The van der Waals surface area contributed by atoms with Crippen molar-refractivity contribution in [2.75, 3.05) is 0 Å². The van der Waals surface area contributed by atoms with Crippen LogP contribution in [0.25, 0.3) is 0 Å².